The Balaban J connectivity index is 1.06. The minimum Gasteiger partial charge on any atom is -0.459 e. The van der Waals surface area contributed by atoms with Gasteiger partial charge in [0, 0.05) is 4.90 Å². The maximum absolute atomic E-state index is 14.5. The highest BCUT2D eigenvalue weighted by atomic mass is 32.2. The number of esters is 4. The van der Waals surface area contributed by atoms with Gasteiger partial charge < -0.3 is 47.4 Å². The largest absolute Gasteiger partial charge is 0.459 e. The van der Waals surface area contributed by atoms with E-state index in [1.807, 2.05) is 122 Å². The maximum Gasteiger partial charge on any atom is 0.338 e. The molecule has 424 valence electrons. The summed E-state index contributed by atoms with van der Waals surface area (Å²) in [4.78, 5) is 57.9. The number of carbonyl (C=O) groups is 4. The van der Waals surface area contributed by atoms with Gasteiger partial charge in [-0.1, -0.05) is 194 Å². The van der Waals surface area contributed by atoms with Gasteiger partial charge in [-0.25, -0.2) is 19.2 Å². The summed E-state index contributed by atoms with van der Waals surface area (Å²) in [6.45, 7) is 1.69. The van der Waals surface area contributed by atoms with Crippen molar-refractivity contribution >= 4 is 35.6 Å². The Bertz CT molecular complexity index is 3310. The van der Waals surface area contributed by atoms with E-state index in [0.29, 0.717) is 0 Å². The third kappa shape index (κ3) is 15.7. The Morgan fingerprint density at radius 1 is 0.361 bits per heavy atom. The molecule has 15 heteroatoms. The number of ether oxygens (including phenoxy) is 10. The highest BCUT2D eigenvalue weighted by Gasteiger charge is 2.55. The van der Waals surface area contributed by atoms with Crippen LogP contribution >= 0.6 is 11.8 Å². The lowest BCUT2D eigenvalue weighted by Crippen LogP contribution is -2.64. The smallest absolute Gasteiger partial charge is 0.338 e. The molecule has 0 unspecified atom stereocenters. The number of hydrogen-bond donors (Lipinski definition) is 0. The number of rotatable bonds is 23. The van der Waals surface area contributed by atoms with E-state index in [1.165, 1.54) is 11.8 Å². The first-order chi connectivity index (χ1) is 40.7. The molecular formula is C68H62O14S. The first kappa shape index (κ1) is 58.0. The van der Waals surface area contributed by atoms with E-state index in [9.17, 15) is 19.2 Å². The molecule has 0 N–H and O–H groups in total. The van der Waals surface area contributed by atoms with E-state index < -0.39 is 91.0 Å². The van der Waals surface area contributed by atoms with Crippen LogP contribution in [0.2, 0.25) is 0 Å². The molecule has 0 radical (unpaired) electrons. The van der Waals surface area contributed by atoms with Gasteiger partial charge >= 0.3 is 23.9 Å². The number of benzene rings is 8. The third-order valence-corrected chi connectivity index (χ3v) is 15.3. The lowest BCUT2D eigenvalue weighted by atomic mass is 9.97. The Labute approximate surface area is 486 Å². The second-order valence-corrected chi connectivity index (χ2v) is 20.9. The van der Waals surface area contributed by atoms with E-state index in [-0.39, 0.29) is 48.7 Å². The van der Waals surface area contributed by atoms with Crippen LogP contribution in [-0.4, -0.2) is 97.6 Å². The van der Waals surface area contributed by atoms with Crippen LogP contribution in [0.15, 0.2) is 241 Å². The van der Waals surface area contributed by atoms with Crippen LogP contribution in [-0.2, 0) is 67.2 Å². The van der Waals surface area contributed by atoms with Crippen LogP contribution in [0.3, 0.4) is 0 Å². The predicted octanol–water partition coefficient (Wildman–Crippen LogP) is 11.8. The summed E-state index contributed by atoms with van der Waals surface area (Å²) in [5.74, 6) is -3.23. The molecule has 8 aromatic rings. The summed E-state index contributed by atoms with van der Waals surface area (Å²) in [6.07, 6.45) is -11.5. The Hall–Kier alpha value is -8.25. The molecule has 2 aliphatic heterocycles. The van der Waals surface area contributed by atoms with Gasteiger partial charge in [0.2, 0.25) is 0 Å². The number of hydrogen-bond acceptors (Lipinski definition) is 15. The molecule has 2 aliphatic rings. The molecule has 0 amide bonds. The molecular weight excluding hydrogens is 1070 g/mol. The second kappa shape index (κ2) is 29.1. The molecule has 83 heavy (non-hydrogen) atoms. The van der Waals surface area contributed by atoms with Crippen LogP contribution in [0.4, 0.5) is 0 Å². The Kier molecular flexibility index (Phi) is 20.3. The summed E-state index contributed by atoms with van der Waals surface area (Å²) in [5.41, 5.74) is 3.66. The number of aryl methyl sites for hydroxylation is 1. The van der Waals surface area contributed by atoms with Crippen molar-refractivity contribution in [3.63, 3.8) is 0 Å². The van der Waals surface area contributed by atoms with Gasteiger partial charge in [-0.3, -0.25) is 0 Å². The summed E-state index contributed by atoms with van der Waals surface area (Å²) >= 11 is 1.47. The van der Waals surface area contributed by atoms with Gasteiger partial charge in [-0.2, -0.15) is 0 Å². The molecule has 0 aliphatic carbocycles. The van der Waals surface area contributed by atoms with Crippen molar-refractivity contribution in [2.24, 2.45) is 0 Å². The van der Waals surface area contributed by atoms with Crippen molar-refractivity contribution in [1.82, 2.24) is 0 Å². The number of carbonyl (C=O) groups excluding carboxylic acids is 4. The van der Waals surface area contributed by atoms with Crippen molar-refractivity contribution in [3.8, 4) is 0 Å². The zero-order valence-corrected chi connectivity index (χ0v) is 46.3. The molecule has 10 rings (SSSR count). The molecule has 0 bridgehead atoms. The summed E-state index contributed by atoms with van der Waals surface area (Å²) in [6, 6.07) is 70.2. The topological polar surface area (TPSA) is 161 Å². The monoisotopic (exact) mass is 1130 g/mol. The van der Waals surface area contributed by atoms with Crippen molar-refractivity contribution in [2.45, 2.75) is 92.2 Å². The maximum atomic E-state index is 14.5. The van der Waals surface area contributed by atoms with E-state index in [0.717, 1.165) is 27.1 Å². The SMILES string of the molecule is Cc1ccccc1S[C@@H]1O[C@H](CO[C@@H]2O[C@H](COC(=O)c3ccccc3)[C@H](OC(=O)c3ccccc3)[C@H](OC(=O)c3ccccc3)[C@H]2OC(=O)c2ccccc2)[C@@H](OCc2ccccc2)[C@H](OCc2ccccc2)[C@H]1OCc1ccccc1. The van der Waals surface area contributed by atoms with E-state index in [4.69, 9.17) is 47.4 Å². The fraction of sp³-hybridized carbons (Fsp3) is 0.235. The second-order valence-electron chi connectivity index (χ2n) is 19.8. The molecule has 0 aromatic heterocycles. The fourth-order valence-electron chi connectivity index (χ4n) is 9.64. The van der Waals surface area contributed by atoms with Gasteiger partial charge in [-0.15, -0.1) is 0 Å². The Morgan fingerprint density at radius 2 is 0.735 bits per heavy atom. The highest BCUT2D eigenvalue weighted by molar-refractivity contribution is 7.99. The van der Waals surface area contributed by atoms with E-state index in [1.54, 1.807) is 121 Å². The zero-order chi connectivity index (χ0) is 57.2. The number of thioether (sulfide) groups is 1. The highest BCUT2D eigenvalue weighted by Crippen LogP contribution is 2.40. The molecule has 2 heterocycles. The first-order valence-corrected chi connectivity index (χ1v) is 28.2. The van der Waals surface area contributed by atoms with Crippen molar-refractivity contribution in [2.75, 3.05) is 13.2 Å². The van der Waals surface area contributed by atoms with Crippen molar-refractivity contribution in [1.29, 1.82) is 0 Å². The lowest BCUT2D eigenvalue weighted by molar-refractivity contribution is -0.313. The van der Waals surface area contributed by atoms with E-state index >= 15 is 0 Å². The van der Waals surface area contributed by atoms with Gasteiger partial charge in [0.15, 0.2) is 24.6 Å². The summed E-state index contributed by atoms with van der Waals surface area (Å²) in [5, 5.41) is 0. The third-order valence-electron chi connectivity index (χ3n) is 13.9. The van der Waals surface area contributed by atoms with Gasteiger partial charge in [0.25, 0.3) is 0 Å². The zero-order valence-electron chi connectivity index (χ0n) is 45.4. The lowest BCUT2D eigenvalue weighted by Gasteiger charge is -2.47. The molecule has 10 atom stereocenters. The van der Waals surface area contributed by atoms with Gasteiger partial charge in [0.05, 0.1) is 48.7 Å². The fourth-order valence-corrected chi connectivity index (χ4v) is 10.9. The predicted molar refractivity (Wildman–Crippen MR) is 309 cm³/mol. The first-order valence-electron chi connectivity index (χ1n) is 27.4. The summed E-state index contributed by atoms with van der Waals surface area (Å²) < 4.78 is 67.1. The minimum atomic E-state index is -1.67. The molecule has 2 fully saturated rings. The normalized spacial score (nSPS) is 22.1. The summed E-state index contributed by atoms with van der Waals surface area (Å²) in [7, 11) is 0. The van der Waals surface area contributed by atoms with Crippen molar-refractivity contribution < 1.29 is 66.5 Å². The van der Waals surface area contributed by atoms with Crippen LogP contribution in [0.5, 0.6) is 0 Å². The average molecular weight is 1140 g/mol. The van der Waals surface area contributed by atoms with Crippen LogP contribution < -0.4 is 0 Å². The van der Waals surface area contributed by atoms with Crippen LogP contribution in [0, 0.1) is 6.92 Å². The van der Waals surface area contributed by atoms with E-state index in [2.05, 4.69) is 0 Å². The van der Waals surface area contributed by atoms with Gasteiger partial charge in [0.1, 0.15) is 42.6 Å². The Morgan fingerprint density at radius 3 is 1.20 bits per heavy atom. The molecule has 14 nitrogen and oxygen atoms in total. The average Bonchev–Trinajstić information content (AvgIpc) is 3.67. The van der Waals surface area contributed by atoms with Crippen LogP contribution in [0.1, 0.15) is 63.7 Å². The molecule has 0 spiro atoms. The molecule has 2 saturated heterocycles. The molecule has 0 saturated carbocycles. The molecule has 8 aromatic carbocycles. The van der Waals surface area contributed by atoms with Gasteiger partial charge in [-0.05, 0) is 83.8 Å². The van der Waals surface area contributed by atoms with Crippen LogP contribution in [0.25, 0.3) is 0 Å². The quantitative estimate of drug-likeness (QED) is 0.0439. The van der Waals surface area contributed by atoms with Crippen molar-refractivity contribution in [3.05, 3.63) is 281 Å². The standard InChI is InChI=1S/C68H62O14S/c1-46-25-23-24-40-56(46)83-68-62(75-43-49-30-13-4-14-31-49)59(74-42-48-28-11-3-12-29-48)57(73-41-47-26-9-2-10-27-47)54(79-68)45-77-67-61(82-66(72)53-38-21-8-22-39-53)60(81-65(71)52-36-19-7-20-37-52)58(80-64(70)51-34-17-6-18-35-51)55(78-67)44-76-63(69)50-32-15-5-16-33-50/h2-40,54-55,57-62,67-68H,41-45H2,1H3/t54-,55-,57-,58+,59+,60+,61-,62-,67-,68+/m1/s1. The minimum absolute atomic E-state index is 0.135.